The van der Waals surface area contributed by atoms with Gasteiger partial charge in [0.25, 0.3) is 5.22 Å². The Hall–Kier alpha value is -2.34. The molecular weight excluding hydrogens is 310 g/mol. The van der Waals surface area contributed by atoms with E-state index in [1.165, 1.54) is 11.1 Å². The molecule has 0 radical (unpaired) electrons. The first-order valence-electron chi connectivity index (χ1n) is 7.50. The van der Waals surface area contributed by atoms with Crippen molar-refractivity contribution in [2.45, 2.75) is 18.1 Å². The zero-order chi connectivity index (χ0) is 15.5. The molecule has 1 aromatic carbocycles. The van der Waals surface area contributed by atoms with E-state index in [9.17, 15) is 0 Å². The van der Waals surface area contributed by atoms with Crippen molar-refractivity contribution in [1.29, 1.82) is 0 Å². The van der Waals surface area contributed by atoms with Crippen molar-refractivity contribution in [3.8, 4) is 17.2 Å². The molecule has 3 heterocycles. The Morgan fingerprint density at radius 3 is 3.09 bits per heavy atom. The van der Waals surface area contributed by atoms with E-state index in [0.717, 1.165) is 36.5 Å². The summed E-state index contributed by atoms with van der Waals surface area (Å²) in [5.41, 5.74) is 3.46. The first-order chi connectivity index (χ1) is 11.4. The molecule has 0 saturated heterocycles. The van der Waals surface area contributed by atoms with Crippen LogP contribution in [0.1, 0.15) is 11.1 Å². The van der Waals surface area contributed by atoms with Crippen LogP contribution in [0.5, 0.6) is 5.75 Å². The fraction of sp³-hybridized carbons (Fsp3) is 0.235. The van der Waals surface area contributed by atoms with E-state index < -0.39 is 0 Å². The summed E-state index contributed by atoms with van der Waals surface area (Å²) in [5.74, 6) is 2.43. The third-order valence-electron chi connectivity index (χ3n) is 3.69. The number of pyridine rings is 1. The smallest absolute Gasteiger partial charge is 0.276 e. The molecule has 4 rings (SSSR count). The minimum Gasteiger partial charge on any atom is -0.493 e. The van der Waals surface area contributed by atoms with Crippen molar-refractivity contribution in [3.05, 3.63) is 53.9 Å². The number of hydrogen-bond acceptors (Lipinski definition) is 6. The van der Waals surface area contributed by atoms with Crippen molar-refractivity contribution >= 4 is 11.8 Å². The van der Waals surface area contributed by atoms with E-state index >= 15 is 0 Å². The van der Waals surface area contributed by atoms with Gasteiger partial charge in [-0.25, -0.2) is 0 Å². The first-order valence-corrected chi connectivity index (χ1v) is 8.48. The molecule has 3 aromatic rings. The Morgan fingerprint density at radius 2 is 2.17 bits per heavy atom. The third-order valence-corrected chi connectivity index (χ3v) is 4.51. The summed E-state index contributed by atoms with van der Waals surface area (Å²) in [5, 5.41) is 8.74. The maximum absolute atomic E-state index is 5.66. The van der Waals surface area contributed by atoms with Gasteiger partial charge in [-0.05, 0) is 35.7 Å². The third kappa shape index (κ3) is 3.22. The molecule has 1 aliphatic heterocycles. The Kier molecular flexibility index (Phi) is 3.98. The number of benzene rings is 1. The predicted molar refractivity (Wildman–Crippen MR) is 87.6 cm³/mol. The van der Waals surface area contributed by atoms with Gasteiger partial charge < -0.3 is 9.15 Å². The van der Waals surface area contributed by atoms with Crippen molar-refractivity contribution in [1.82, 2.24) is 15.2 Å². The highest BCUT2D eigenvalue weighted by Crippen LogP contribution is 2.27. The Bertz CT molecular complexity index is 805. The largest absolute Gasteiger partial charge is 0.493 e. The molecule has 0 fully saturated rings. The lowest BCUT2D eigenvalue weighted by Gasteiger charge is -2.03. The quantitative estimate of drug-likeness (QED) is 0.670. The standard InChI is InChI=1S/C17H15N3O2S/c1-2-14(11-18-7-1)16-19-20-17(22-16)23-9-6-12-3-4-15-13(10-12)5-8-21-15/h1-4,7,10-11H,5-6,8-9H2. The normalized spacial score (nSPS) is 12.9. The van der Waals surface area contributed by atoms with Gasteiger partial charge in [0, 0.05) is 24.6 Å². The molecule has 0 N–H and O–H groups in total. The molecule has 0 atom stereocenters. The maximum atomic E-state index is 5.66. The van der Waals surface area contributed by atoms with Crippen LogP contribution in [0.25, 0.3) is 11.5 Å². The minimum atomic E-state index is 0.510. The second-order valence-electron chi connectivity index (χ2n) is 5.25. The number of aromatic nitrogens is 3. The number of thioether (sulfide) groups is 1. The predicted octanol–water partition coefficient (Wildman–Crippen LogP) is 3.40. The molecule has 1 aliphatic rings. The van der Waals surface area contributed by atoms with Crippen LogP contribution in [0.4, 0.5) is 0 Å². The van der Waals surface area contributed by atoms with Gasteiger partial charge in [-0.15, -0.1) is 10.2 Å². The first kappa shape index (κ1) is 14.3. The highest BCUT2D eigenvalue weighted by molar-refractivity contribution is 7.99. The van der Waals surface area contributed by atoms with Crippen LogP contribution >= 0.6 is 11.8 Å². The van der Waals surface area contributed by atoms with E-state index in [0.29, 0.717) is 11.1 Å². The topological polar surface area (TPSA) is 61.0 Å². The van der Waals surface area contributed by atoms with E-state index in [-0.39, 0.29) is 0 Å². The molecule has 6 heteroatoms. The van der Waals surface area contributed by atoms with Crippen LogP contribution in [0, 0.1) is 0 Å². The number of hydrogen-bond donors (Lipinski definition) is 0. The zero-order valence-electron chi connectivity index (χ0n) is 12.4. The molecule has 0 amide bonds. The Morgan fingerprint density at radius 1 is 1.17 bits per heavy atom. The maximum Gasteiger partial charge on any atom is 0.276 e. The van der Waals surface area contributed by atoms with Crippen LogP contribution in [-0.2, 0) is 12.8 Å². The van der Waals surface area contributed by atoms with E-state index in [1.54, 1.807) is 24.2 Å². The fourth-order valence-corrected chi connectivity index (χ4v) is 3.27. The summed E-state index contributed by atoms with van der Waals surface area (Å²) in [4.78, 5) is 4.06. The van der Waals surface area contributed by atoms with Gasteiger partial charge in [-0.2, -0.15) is 0 Å². The van der Waals surface area contributed by atoms with Crippen LogP contribution in [0.2, 0.25) is 0 Å². The number of fused-ring (bicyclic) bond motifs is 1. The zero-order valence-corrected chi connectivity index (χ0v) is 13.3. The van der Waals surface area contributed by atoms with Gasteiger partial charge in [-0.3, -0.25) is 4.98 Å². The number of aryl methyl sites for hydroxylation is 1. The van der Waals surface area contributed by atoms with Gasteiger partial charge in [0.1, 0.15) is 5.75 Å². The lowest BCUT2D eigenvalue weighted by atomic mass is 10.1. The van der Waals surface area contributed by atoms with Crippen LogP contribution < -0.4 is 4.74 Å². The summed E-state index contributed by atoms with van der Waals surface area (Å²) in [6.07, 6.45) is 5.41. The summed E-state index contributed by atoms with van der Waals surface area (Å²) in [7, 11) is 0. The Balaban J connectivity index is 1.36. The molecular formula is C17H15N3O2S. The Labute approximate surface area is 138 Å². The molecule has 0 unspecified atom stereocenters. The molecule has 0 aliphatic carbocycles. The average molecular weight is 325 g/mol. The molecule has 5 nitrogen and oxygen atoms in total. The second-order valence-corrected chi connectivity index (χ2v) is 6.30. The SMILES string of the molecule is c1cncc(-c2nnc(SCCc3ccc4c(c3)CCO4)o2)c1. The molecule has 0 saturated carbocycles. The summed E-state index contributed by atoms with van der Waals surface area (Å²) in [6.45, 7) is 0.798. The van der Waals surface area contributed by atoms with Crippen molar-refractivity contribution in [2.75, 3.05) is 12.4 Å². The summed E-state index contributed by atoms with van der Waals surface area (Å²) < 4.78 is 11.2. The van der Waals surface area contributed by atoms with Crippen LogP contribution in [0.15, 0.2) is 52.4 Å². The molecule has 0 bridgehead atoms. The second kappa shape index (κ2) is 6.42. The number of rotatable bonds is 5. The van der Waals surface area contributed by atoms with Gasteiger partial charge in [0.05, 0.1) is 12.2 Å². The lowest BCUT2D eigenvalue weighted by Crippen LogP contribution is -1.90. The fourth-order valence-electron chi connectivity index (χ4n) is 2.53. The monoisotopic (exact) mass is 325 g/mol. The van der Waals surface area contributed by atoms with Gasteiger partial charge in [0.2, 0.25) is 5.89 Å². The number of nitrogens with zero attached hydrogens (tertiary/aromatic N) is 3. The van der Waals surface area contributed by atoms with Crippen molar-refractivity contribution < 1.29 is 9.15 Å². The van der Waals surface area contributed by atoms with E-state index in [1.807, 2.05) is 12.1 Å². The molecule has 0 spiro atoms. The number of ether oxygens (including phenoxy) is 1. The van der Waals surface area contributed by atoms with E-state index in [4.69, 9.17) is 9.15 Å². The highest BCUT2D eigenvalue weighted by atomic mass is 32.2. The van der Waals surface area contributed by atoms with Gasteiger partial charge >= 0.3 is 0 Å². The van der Waals surface area contributed by atoms with E-state index in [2.05, 4.69) is 33.4 Å². The van der Waals surface area contributed by atoms with Crippen LogP contribution in [0.3, 0.4) is 0 Å². The van der Waals surface area contributed by atoms with Gasteiger partial charge in [0.15, 0.2) is 0 Å². The van der Waals surface area contributed by atoms with Gasteiger partial charge in [-0.1, -0.05) is 23.9 Å². The summed E-state index contributed by atoms with van der Waals surface area (Å²) >= 11 is 1.57. The van der Waals surface area contributed by atoms with Crippen LogP contribution in [-0.4, -0.2) is 27.5 Å². The average Bonchev–Trinajstić information content (AvgIpc) is 3.24. The molecule has 2 aromatic heterocycles. The van der Waals surface area contributed by atoms with Crippen molar-refractivity contribution in [2.24, 2.45) is 0 Å². The molecule has 116 valence electrons. The highest BCUT2D eigenvalue weighted by Gasteiger charge is 2.12. The molecule has 23 heavy (non-hydrogen) atoms. The summed E-state index contributed by atoms with van der Waals surface area (Å²) in [6, 6.07) is 10.2. The lowest BCUT2D eigenvalue weighted by molar-refractivity contribution is 0.357. The van der Waals surface area contributed by atoms with Crippen molar-refractivity contribution in [3.63, 3.8) is 0 Å². The minimum absolute atomic E-state index is 0.510.